The van der Waals surface area contributed by atoms with Crippen LogP contribution in [0.4, 0.5) is 22.1 Å². The van der Waals surface area contributed by atoms with E-state index in [4.69, 9.17) is 18.2 Å². The molecule has 56 heavy (non-hydrogen) atoms. The van der Waals surface area contributed by atoms with E-state index in [0.717, 1.165) is 86.4 Å². The van der Waals surface area contributed by atoms with Crippen molar-refractivity contribution in [1.29, 1.82) is 0 Å². The van der Waals surface area contributed by atoms with Crippen molar-refractivity contribution in [3.8, 4) is 0 Å². The Kier molecular flexibility index (Phi) is 9.25. The number of nitrogens with zero attached hydrogens (tertiary/aromatic N) is 8. The summed E-state index contributed by atoms with van der Waals surface area (Å²) < 4.78 is 0. The first kappa shape index (κ1) is 36.6. The first-order valence-electron chi connectivity index (χ1n) is 19.3. The molecule has 1 spiro atoms. The third-order valence-corrected chi connectivity index (χ3v) is 14.1. The first-order chi connectivity index (χ1) is 27.0. The monoisotopic (exact) mass is 795 g/mol. The van der Waals surface area contributed by atoms with Gasteiger partial charge in [-0.2, -0.15) is 0 Å². The molecule has 0 radical (unpaired) electrons. The number of amides is 5. The van der Waals surface area contributed by atoms with Crippen molar-refractivity contribution in [3.05, 3.63) is 75.2 Å². The molecule has 1 unspecified atom stereocenters. The number of nitrogens with one attached hydrogen (secondary N) is 1. The average Bonchev–Trinajstić information content (AvgIpc) is 3.86. The second kappa shape index (κ2) is 14.2. The number of hydrogen-bond acceptors (Lipinski definition) is 11. The molecule has 16 heteroatoms. The SMILES string of the molecule is [C-]#[N+]c1ccc(N2CC3(CCN(c4cnc(C(=O)N5CCN(C6CN(c7ccc8c(c7)C(=O)N(C7CCC(=O)NC7=O)C8=O)C6)CC5)s4)CC3)C[C@@H]2C)cc1Cl. The molecular weight excluding hydrogens is 754 g/mol. The fraction of sp³-hybridized carbons (Fsp3) is 0.475. The third-order valence-electron chi connectivity index (χ3n) is 12.7. The van der Waals surface area contributed by atoms with Gasteiger partial charge in [0.05, 0.1) is 23.9 Å². The molecule has 5 saturated heterocycles. The Hall–Kier alpha value is -5.04. The van der Waals surface area contributed by atoms with Crippen molar-refractivity contribution < 1.29 is 24.0 Å². The maximum atomic E-state index is 13.6. The number of anilines is 3. The van der Waals surface area contributed by atoms with Crippen molar-refractivity contribution >= 4 is 74.5 Å². The van der Waals surface area contributed by atoms with Gasteiger partial charge in [-0.3, -0.25) is 39.1 Å². The van der Waals surface area contributed by atoms with Crippen molar-refractivity contribution in [2.24, 2.45) is 5.41 Å². The molecule has 6 aliphatic rings. The van der Waals surface area contributed by atoms with Crippen LogP contribution in [-0.2, 0) is 9.59 Å². The highest BCUT2D eigenvalue weighted by molar-refractivity contribution is 7.17. The van der Waals surface area contributed by atoms with Gasteiger partial charge in [0.1, 0.15) is 11.0 Å². The number of piperidine rings is 2. The molecule has 0 aliphatic carbocycles. The minimum Gasteiger partial charge on any atom is -0.368 e. The summed E-state index contributed by atoms with van der Waals surface area (Å²) >= 11 is 7.86. The van der Waals surface area contributed by atoms with Crippen LogP contribution in [0.1, 0.15) is 69.5 Å². The van der Waals surface area contributed by atoms with Gasteiger partial charge < -0.3 is 19.6 Å². The normalized spacial score (nSPS) is 24.1. The van der Waals surface area contributed by atoms with Gasteiger partial charge >= 0.3 is 0 Å². The number of benzene rings is 2. The molecule has 1 aromatic heterocycles. The van der Waals surface area contributed by atoms with E-state index < -0.39 is 29.7 Å². The van der Waals surface area contributed by atoms with Crippen molar-refractivity contribution in [2.45, 2.75) is 57.2 Å². The summed E-state index contributed by atoms with van der Waals surface area (Å²) in [4.78, 5) is 84.3. The standard InChI is InChI=1S/C40H42ClN9O5S/c1-24-19-40(23-49(24)26-4-6-31(42-2)30(41)18-26)9-11-46(12-10-40)34-20-43-36(56-34)39(55)47-15-13-45(14-16-47)27-21-48(22-27)25-3-5-28-29(17-25)38(54)50(37(28)53)32-7-8-33(51)44-35(32)52/h3-6,17-18,20,24,27,32H,7-16,19,21-23H2,1H3,(H,44,51,52)/t24-,32?/m0/s1. The number of fused-ring (bicyclic) bond motifs is 1. The highest BCUT2D eigenvalue weighted by Gasteiger charge is 2.46. The van der Waals surface area contributed by atoms with Gasteiger partial charge in [-0.15, -0.1) is 0 Å². The lowest BCUT2D eigenvalue weighted by atomic mass is 9.77. The Bertz CT molecular complexity index is 2180. The van der Waals surface area contributed by atoms with Crippen LogP contribution >= 0.6 is 22.9 Å². The molecule has 0 saturated carbocycles. The van der Waals surface area contributed by atoms with Gasteiger partial charge in [0.25, 0.3) is 17.7 Å². The number of piperazine rings is 1. The smallest absolute Gasteiger partial charge is 0.282 e. The number of hydrogen-bond donors (Lipinski definition) is 1. The van der Waals surface area contributed by atoms with Gasteiger partial charge in [-0.25, -0.2) is 9.83 Å². The largest absolute Gasteiger partial charge is 0.368 e. The van der Waals surface area contributed by atoms with Gasteiger partial charge in [-0.05, 0) is 68.4 Å². The minimum atomic E-state index is -0.985. The summed E-state index contributed by atoms with van der Waals surface area (Å²) in [6.07, 6.45) is 5.31. The highest BCUT2D eigenvalue weighted by Crippen LogP contribution is 2.47. The molecule has 2 atom stereocenters. The molecule has 7 heterocycles. The Morgan fingerprint density at radius 3 is 2.39 bits per heavy atom. The average molecular weight is 796 g/mol. The zero-order valence-electron chi connectivity index (χ0n) is 31.1. The van der Waals surface area contributed by atoms with Gasteiger partial charge in [0.15, 0.2) is 5.01 Å². The van der Waals surface area contributed by atoms with E-state index in [1.807, 2.05) is 35.4 Å². The molecule has 290 valence electrons. The van der Waals surface area contributed by atoms with Crippen LogP contribution in [0.3, 0.4) is 0 Å². The minimum absolute atomic E-state index is 0.0172. The molecule has 3 aromatic rings. The predicted molar refractivity (Wildman–Crippen MR) is 212 cm³/mol. The number of halogens is 1. The second-order valence-electron chi connectivity index (χ2n) is 16.0. The number of imide groups is 2. The topological polar surface area (TPSA) is 134 Å². The third kappa shape index (κ3) is 6.37. The quantitative estimate of drug-likeness (QED) is 0.285. The molecule has 1 N–H and O–H groups in total. The Morgan fingerprint density at radius 1 is 0.946 bits per heavy atom. The number of carbonyl (C=O) groups excluding carboxylic acids is 5. The van der Waals surface area contributed by atoms with E-state index in [1.54, 1.807) is 12.1 Å². The first-order valence-corrected chi connectivity index (χ1v) is 20.5. The molecule has 14 nitrogen and oxygen atoms in total. The zero-order chi connectivity index (χ0) is 38.9. The van der Waals surface area contributed by atoms with E-state index >= 15 is 0 Å². The molecule has 5 fully saturated rings. The predicted octanol–water partition coefficient (Wildman–Crippen LogP) is 4.28. The van der Waals surface area contributed by atoms with Gasteiger partial charge in [0.2, 0.25) is 17.5 Å². The Balaban J connectivity index is 0.747. The van der Waals surface area contributed by atoms with Crippen LogP contribution in [0.15, 0.2) is 42.6 Å². The summed E-state index contributed by atoms with van der Waals surface area (Å²) in [5, 5.41) is 4.31. The molecule has 9 rings (SSSR count). The zero-order valence-corrected chi connectivity index (χ0v) is 32.7. The van der Waals surface area contributed by atoms with Crippen LogP contribution in [0, 0.1) is 12.0 Å². The van der Waals surface area contributed by atoms with Crippen LogP contribution < -0.4 is 20.0 Å². The van der Waals surface area contributed by atoms with E-state index in [-0.39, 0.29) is 35.3 Å². The van der Waals surface area contributed by atoms with Gasteiger partial charge in [0, 0.05) is 93.8 Å². The van der Waals surface area contributed by atoms with Crippen LogP contribution in [-0.4, -0.2) is 126 Å². The Labute approximate surface area is 333 Å². The van der Waals surface area contributed by atoms with E-state index in [1.165, 1.54) is 11.3 Å². The summed E-state index contributed by atoms with van der Waals surface area (Å²) in [6.45, 7) is 16.7. The lowest BCUT2D eigenvalue weighted by molar-refractivity contribution is -0.136. The van der Waals surface area contributed by atoms with E-state index in [9.17, 15) is 24.0 Å². The van der Waals surface area contributed by atoms with Crippen LogP contribution in [0.25, 0.3) is 4.85 Å². The van der Waals surface area contributed by atoms with Gasteiger partial charge in [-0.1, -0.05) is 29.0 Å². The highest BCUT2D eigenvalue weighted by atomic mass is 35.5. The maximum Gasteiger partial charge on any atom is 0.282 e. The van der Waals surface area contributed by atoms with Crippen molar-refractivity contribution in [3.63, 3.8) is 0 Å². The van der Waals surface area contributed by atoms with Crippen molar-refractivity contribution in [1.82, 2.24) is 25.0 Å². The molecule has 5 amide bonds. The second-order valence-corrected chi connectivity index (χ2v) is 17.4. The van der Waals surface area contributed by atoms with Crippen LogP contribution in [0.5, 0.6) is 0 Å². The molecule has 6 aliphatic heterocycles. The van der Waals surface area contributed by atoms with E-state index in [2.05, 4.69) is 41.7 Å². The lowest BCUT2D eigenvalue weighted by Gasteiger charge is -2.49. The number of rotatable bonds is 6. The number of carbonyl (C=O) groups is 5. The summed E-state index contributed by atoms with van der Waals surface area (Å²) in [5.74, 6) is -2.05. The summed E-state index contributed by atoms with van der Waals surface area (Å²) in [6, 6.07) is 10.7. The molecular formula is C40H42ClN9O5S. The fourth-order valence-electron chi connectivity index (χ4n) is 9.48. The maximum absolute atomic E-state index is 13.6. The molecule has 0 bridgehead atoms. The Morgan fingerprint density at radius 2 is 1.68 bits per heavy atom. The van der Waals surface area contributed by atoms with Crippen LogP contribution in [0.2, 0.25) is 5.02 Å². The van der Waals surface area contributed by atoms with Crippen molar-refractivity contribution in [2.75, 3.05) is 73.6 Å². The van der Waals surface area contributed by atoms with E-state index in [0.29, 0.717) is 40.9 Å². The number of thiazole rings is 1. The summed E-state index contributed by atoms with van der Waals surface area (Å²) in [7, 11) is 0. The molecule has 2 aromatic carbocycles. The number of aromatic nitrogens is 1. The lowest BCUT2D eigenvalue weighted by Crippen LogP contribution is -2.63. The fourth-order valence-corrected chi connectivity index (χ4v) is 10.6. The summed E-state index contributed by atoms with van der Waals surface area (Å²) in [5.41, 5.74) is 3.19.